The summed E-state index contributed by atoms with van der Waals surface area (Å²) < 4.78 is 10.6. The number of ether oxygens (including phenoxy) is 2. The Kier molecular flexibility index (Phi) is 3.31. The summed E-state index contributed by atoms with van der Waals surface area (Å²) in [5.74, 6) is 7.92. The molecule has 3 N–H and O–H groups in total. The number of nitrogens with one attached hydrogen (secondary N) is 1. The molecule has 0 bridgehead atoms. The number of methoxy groups -OCH3 is 2. The predicted molar refractivity (Wildman–Crippen MR) is 62.3 cm³/mol. The van der Waals surface area contributed by atoms with Gasteiger partial charge in [0.2, 0.25) is 0 Å². The van der Waals surface area contributed by atoms with E-state index in [9.17, 15) is 0 Å². The lowest BCUT2D eigenvalue weighted by molar-refractivity contribution is 0.384. The van der Waals surface area contributed by atoms with Gasteiger partial charge in [-0.15, -0.1) is 0 Å². The highest BCUT2D eigenvalue weighted by Gasteiger charge is 2.33. The second-order valence-corrected chi connectivity index (χ2v) is 4.09. The van der Waals surface area contributed by atoms with Gasteiger partial charge in [-0.1, -0.05) is 0 Å². The lowest BCUT2D eigenvalue weighted by Gasteiger charge is -2.19. The van der Waals surface area contributed by atoms with Crippen LogP contribution in [0.5, 0.6) is 11.5 Å². The van der Waals surface area contributed by atoms with Crippen LogP contribution >= 0.6 is 0 Å². The highest BCUT2D eigenvalue weighted by molar-refractivity contribution is 5.42. The standard InChI is InChI=1S/C12H18N2O2/c1-15-9-5-6-11(16-2)10(7-9)12(14-13)8-3-4-8/h5-8,12,14H,3-4,13H2,1-2H3. The number of hydrogen-bond donors (Lipinski definition) is 2. The van der Waals surface area contributed by atoms with Crippen LogP contribution in [0.25, 0.3) is 0 Å². The van der Waals surface area contributed by atoms with E-state index >= 15 is 0 Å². The number of benzene rings is 1. The Morgan fingerprint density at radius 1 is 1.31 bits per heavy atom. The first-order chi connectivity index (χ1) is 7.80. The minimum absolute atomic E-state index is 0.157. The minimum Gasteiger partial charge on any atom is -0.497 e. The van der Waals surface area contributed by atoms with Gasteiger partial charge in [0, 0.05) is 5.56 Å². The first-order valence-corrected chi connectivity index (χ1v) is 5.48. The average molecular weight is 222 g/mol. The van der Waals surface area contributed by atoms with Crippen molar-refractivity contribution in [2.24, 2.45) is 11.8 Å². The maximum Gasteiger partial charge on any atom is 0.123 e. The zero-order chi connectivity index (χ0) is 11.5. The number of nitrogens with two attached hydrogens (primary N) is 1. The molecule has 4 nitrogen and oxygen atoms in total. The fourth-order valence-electron chi connectivity index (χ4n) is 1.99. The second kappa shape index (κ2) is 4.72. The van der Waals surface area contributed by atoms with Gasteiger partial charge in [0.15, 0.2) is 0 Å². The molecule has 0 aliphatic heterocycles. The van der Waals surface area contributed by atoms with Crippen LogP contribution in [0, 0.1) is 5.92 Å². The maximum atomic E-state index is 5.61. The molecule has 0 heterocycles. The van der Waals surface area contributed by atoms with Crippen LogP contribution in [-0.4, -0.2) is 14.2 Å². The van der Waals surface area contributed by atoms with Gasteiger partial charge in [0.25, 0.3) is 0 Å². The second-order valence-electron chi connectivity index (χ2n) is 4.09. The van der Waals surface area contributed by atoms with Gasteiger partial charge in [-0.3, -0.25) is 11.3 Å². The van der Waals surface area contributed by atoms with E-state index in [2.05, 4.69) is 5.43 Å². The van der Waals surface area contributed by atoms with Gasteiger partial charge in [0.1, 0.15) is 11.5 Å². The van der Waals surface area contributed by atoms with Crippen LogP contribution in [0.2, 0.25) is 0 Å². The minimum atomic E-state index is 0.157. The van der Waals surface area contributed by atoms with Crippen LogP contribution in [-0.2, 0) is 0 Å². The van der Waals surface area contributed by atoms with Crippen LogP contribution in [0.15, 0.2) is 18.2 Å². The van der Waals surface area contributed by atoms with Crippen LogP contribution in [0.1, 0.15) is 24.4 Å². The number of hydrogen-bond acceptors (Lipinski definition) is 4. The molecule has 1 atom stereocenters. The van der Waals surface area contributed by atoms with Gasteiger partial charge in [0.05, 0.1) is 20.3 Å². The first-order valence-electron chi connectivity index (χ1n) is 5.48. The largest absolute Gasteiger partial charge is 0.497 e. The van der Waals surface area contributed by atoms with Crippen molar-refractivity contribution in [2.75, 3.05) is 14.2 Å². The monoisotopic (exact) mass is 222 g/mol. The Morgan fingerprint density at radius 3 is 2.56 bits per heavy atom. The molecule has 1 unspecified atom stereocenters. The molecule has 16 heavy (non-hydrogen) atoms. The zero-order valence-corrected chi connectivity index (χ0v) is 9.69. The number of hydrazine groups is 1. The van der Waals surface area contributed by atoms with Gasteiger partial charge in [-0.2, -0.15) is 0 Å². The van der Waals surface area contributed by atoms with Gasteiger partial charge >= 0.3 is 0 Å². The summed E-state index contributed by atoms with van der Waals surface area (Å²) in [5, 5.41) is 0. The van der Waals surface area contributed by atoms with E-state index in [0.29, 0.717) is 5.92 Å². The Bertz CT molecular complexity index is 364. The molecule has 0 amide bonds. The normalized spacial score (nSPS) is 16.9. The summed E-state index contributed by atoms with van der Waals surface area (Å²) in [5.41, 5.74) is 3.95. The van der Waals surface area contributed by atoms with E-state index in [-0.39, 0.29) is 6.04 Å². The predicted octanol–water partition coefficient (Wildman–Crippen LogP) is 1.62. The van der Waals surface area contributed by atoms with Gasteiger partial charge in [-0.25, -0.2) is 0 Å². The van der Waals surface area contributed by atoms with E-state index in [0.717, 1.165) is 17.1 Å². The molecule has 88 valence electrons. The fourth-order valence-corrected chi connectivity index (χ4v) is 1.99. The molecular formula is C12H18N2O2. The highest BCUT2D eigenvalue weighted by atomic mass is 16.5. The van der Waals surface area contributed by atoms with E-state index in [1.165, 1.54) is 12.8 Å². The molecule has 4 heteroatoms. The van der Waals surface area contributed by atoms with Crippen molar-refractivity contribution < 1.29 is 9.47 Å². The van der Waals surface area contributed by atoms with Crippen molar-refractivity contribution >= 4 is 0 Å². The molecule has 0 aromatic heterocycles. The molecule has 0 saturated heterocycles. The Balaban J connectivity index is 2.34. The molecule has 1 fully saturated rings. The summed E-state index contributed by atoms with van der Waals surface area (Å²) >= 11 is 0. The Hall–Kier alpha value is -1.26. The molecular weight excluding hydrogens is 204 g/mol. The van der Waals surface area contributed by atoms with E-state index < -0.39 is 0 Å². The molecule has 1 aliphatic rings. The van der Waals surface area contributed by atoms with Gasteiger partial charge in [-0.05, 0) is 37.0 Å². The molecule has 0 radical (unpaired) electrons. The average Bonchev–Trinajstić information content (AvgIpc) is 3.14. The van der Waals surface area contributed by atoms with Crippen molar-refractivity contribution in [1.29, 1.82) is 0 Å². The third-order valence-electron chi connectivity index (χ3n) is 3.04. The van der Waals surface area contributed by atoms with Crippen molar-refractivity contribution in [2.45, 2.75) is 18.9 Å². The van der Waals surface area contributed by atoms with E-state index in [4.69, 9.17) is 15.3 Å². The smallest absolute Gasteiger partial charge is 0.123 e. The topological polar surface area (TPSA) is 56.5 Å². The van der Waals surface area contributed by atoms with E-state index in [1.807, 2.05) is 18.2 Å². The fraction of sp³-hybridized carbons (Fsp3) is 0.500. The van der Waals surface area contributed by atoms with Crippen molar-refractivity contribution in [3.63, 3.8) is 0 Å². The maximum absolute atomic E-state index is 5.61. The zero-order valence-electron chi connectivity index (χ0n) is 9.69. The summed E-state index contributed by atoms with van der Waals surface area (Å²) in [6, 6.07) is 5.95. The van der Waals surface area contributed by atoms with Gasteiger partial charge < -0.3 is 9.47 Å². The van der Waals surface area contributed by atoms with Crippen molar-refractivity contribution in [3.05, 3.63) is 23.8 Å². The van der Waals surface area contributed by atoms with Crippen LogP contribution < -0.4 is 20.7 Å². The third kappa shape index (κ3) is 2.13. The quantitative estimate of drug-likeness (QED) is 0.587. The first kappa shape index (κ1) is 11.2. The summed E-state index contributed by atoms with van der Waals surface area (Å²) in [6.07, 6.45) is 2.43. The van der Waals surface area contributed by atoms with E-state index in [1.54, 1.807) is 14.2 Å². The summed E-state index contributed by atoms with van der Waals surface area (Å²) in [7, 11) is 3.33. The SMILES string of the molecule is COc1ccc(OC)c(C(NN)C2CC2)c1. The molecule has 1 saturated carbocycles. The Labute approximate surface area is 95.7 Å². The highest BCUT2D eigenvalue weighted by Crippen LogP contribution is 2.43. The van der Waals surface area contributed by atoms with Crippen LogP contribution in [0.4, 0.5) is 0 Å². The third-order valence-corrected chi connectivity index (χ3v) is 3.04. The van der Waals surface area contributed by atoms with Crippen LogP contribution in [0.3, 0.4) is 0 Å². The Morgan fingerprint density at radius 2 is 2.06 bits per heavy atom. The lowest BCUT2D eigenvalue weighted by Crippen LogP contribution is -2.29. The lowest BCUT2D eigenvalue weighted by atomic mass is 10.0. The van der Waals surface area contributed by atoms with Crippen molar-refractivity contribution in [1.82, 2.24) is 5.43 Å². The number of rotatable bonds is 5. The molecule has 1 aromatic rings. The summed E-state index contributed by atoms with van der Waals surface area (Å²) in [4.78, 5) is 0. The molecule has 1 aromatic carbocycles. The summed E-state index contributed by atoms with van der Waals surface area (Å²) in [6.45, 7) is 0. The molecule has 1 aliphatic carbocycles. The molecule has 0 spiro atoms. The van der Waals surface area contributed by atoms with Crippen molar-refractivity contribution in [3.8, 4) is 11.5 Å². The molecule has 2 rings (SSSR count).